The van der Waals surface area contributed by atoms with Crippen LogP contribution in [-0.2, 0) is 19.1 Å². The van der Waals surface area contributed by atoms with Crippen molar-refractivity contribution in [2.75, 3.05) is 54.1 Å². The van der Waals surface area contributed by atoms with Crippen molar-refractivity contribution >= 4 is 23.2 Å². The number of piperidine rings is 1. The highest BCUT2D eigenvalue weighted by Gasteiger charge is 2.71. The molecule has 2 aliphatic carbocycles. The van der Waals surface area contributed by atoms with Crippen LogP contribution in [-0.4, -0.2) is 105 Å². The van der Waals surface area contributed by atoms with E-state index in [-0.39, 0.29) is 36.0 Å². The van der Waals surface area contributed by atoms with Crippen LogP contribution < -0.4 is 16.0 Å². The van der Waals surface area contributed by atoms with Crippen molar-refractivity contribution in [2.24, 2.45) is 23.2 Å². The summed E-state index contributed by atoms with van der Waals surface area (Å²) in [4.78, 5) is 28.2. The average Bonchev–Trinajstić information content (AvgIpc) is 3.67. The van der Waals surface area contributed by atoms with Gasteiger partial charge in [-0.1, -0.05) is 46.3 Å². The summed E-state index contributed by atoms with van der Waals surface area (Å²) in [5, 5.41) is 26.0. The van der Waals surface area contributed by atoms with Crippen molar-refractivity contribution < 1.29 is 27.8 Å². The third-order valence-corrected chi connectivity index (χ3v) is 11.1. The van der Waals surface area contributed by atoms with Gasteiger partial charge in [-0.15, -0.1) is 0 Å². The molecule has 2 amide bonds. The Balaban J connectivity index is 0.00000107. The van der Waals surface area contributed by atoms with Gasteiger partial charge in [-0.25, -0.2) is 8.78 Å². The largest absolute Gasteiger partial charge is 0.388 e. The van der Waals surface area contributed by atoms with Gasteiger partial charge in [0.2, 0.25) is 5.91 Å². The summed E-state index contributed by atoms with van der Waals surface area (Å²) < 4.78 is 39.0. The summed E-state index contributed by atoms with van der Waals surface area (Å²) >= 11 is 0. The number of hydrogen-bond donors (Lipinski definition) is 5. The monoisotopic (exact) mass is 808 g/mol. The third kappa shape index (κ3) is 16.6. The maximum Gasteiger partial charge on any atom is 0.254 e. The van der Waals surface area contributed by atoms with E-state index in [9.17, 15) is 18.4 Å². The van der Waals surface area contributed by atoms with E-state index in [0.29, 0.717) is 54.8 Å². The van der Waals surface area contributed by atoms with Crippen molar-refractivity contribution in [3.63, 3.8) is 0 Å². The fraction of sp³-hybridized carbons (Fsp3) is 0.773. The van der Waals surface area contributed by atoms with E-state index in [0.717, 1.165) is 75.9 Å². The highest BCUT2D eigenvalue weighted by atomic mass is 19.3. The first-order chi connectivity index (χ1) is 26.8. The number of alkyl halides is 2. The molecule has 2 aliphatic heterocycles. The quantitative estimate of drug-likeness (QED) is 0.105. The van der Waals surface area contributed by atoms with E-state index in [2.05, 4.69) is 46.0 Å². The average molecular weight is 808 g/mol. The molecule has 13 heteroatoms. The van der Waals surface area contributed by atoms with Crippen LogP contribution in [0.4, 0.5) is 8.78 Å². The van der Waals surface area contributed by atoms with Gasteiger partial charge in [0, 0.05) is 83.4 Å². The lowest BCUT2D eigenvalue weighted by molar-refractivity contribution is -0.122. The molecule has 5 N–H and O–H groups in total. The molecule has 328 valence electrons. The summed E-state index contributed by atoms with van der Waals surface area (Å²) in [7, 11) is 5.18. The number of hydrogen-bond acceptors (Lipinski definition) is 9. The molecule has 4 fully saturated rings. The van der Waals surface area contributed by atoms with E-state index in [1.165, 1.54) is 0 Å². The molecule has 4 rings (SSSR count). The van der Waals surface area contributed by atoms with Crippen LogP contribution in [0.2, 0.25) is 0 Å². The van der Waals surface area contributed by atoms with Crippen molar-refractivity contribution in [2.45, 2.75) is 145 Å². The first kappa shape index (κ1) is 51.9. The second-order valence-electron chi connectivity index (χ2n) is 16.7. The molecule has 0 aromatic heterocycles. The Morgan fingerprint density at radius 3 is 2.21 bits per heavy atom. The summed E-state index contributed by atoms with van der Waals surface area (Å²) in [6, 6.07) is -0.474. The van der Waals surface area contributed by atoms with Crippen molar-refractivity contribution in [1.29, 1.82) is 10.8 Å². The number of nitrogens with zero attached hydrogens (tertiary/aromatic N) is 2. The summed E-state index contributed by atoms with van der Waals surface area (Å²) in [5.41, 5.74) is 1.60. The van der Waals surface area contributed by atoms with Gasteiger partial charge < -0.3 is 41.1 Å². The Kier molecular flexibility index (Phi) is 23.1. The van der Waals surface area contributed by atoms with Crippen LogP contribution in [0, 0.1) is 34.0 Å². The summed E-state index contributed by atoms with van der Waals surface area (Å²) in [6.45, 7) is 25.6. The minimum Gasteiger partial charge on any atom is -0.388 e. The van der Waals surface area contributed by atoms with Crippen LogP contribution in [0.3, 0.4) is 0 Å². The molecule has 2 saturated carbocycles. The maximum atomic E-state index is 14.5. The zero-order valence-corrected chi connectivity index (χ0v) is 37.6. The molecule has 4 aliphatic rings. The molecule has 6 atom stereocenters. The number of allylic oxidation sites excluding steroid dienone is 1. The zero-order chi connectivity index (χ0) is 43.5. The Morgan fingerprint density at radius 1 is 1.07 bits per heavy atom. The predicted octanol–water partition coefficient (Wildman–Crippen LogP) is 8.28. The smallest absolute Gasteiger partial charge is 0.254 e. The molecular formula is C44H79F2N7O4. The number of amides is 2. The highest BCUT2D eigenvalue weighted by Crippen LogP contribution is 2.68. The lowest BCUT2D eigenvalue weighted by Gasteiger charge is -2.41. The van der Waals surface area contributed by atoms with Crippen molar-refractivity contribution in [1.82, 2.24) is 25.8 Å². The van der Waals surface area contributed by atoms with Gasteiger partial charge in [0.1, 0.15) is 6.17 Å². The number of methoxy groups -OCH3 is 1. The number of nitrogens with one attached hydrogen (secondary N) is 5. The molecule has 0 aromatic carbocycles. The standard InChI is InChI=1S/C34H56F2N6O2.C6H11NO.C2H6O.C2H6/c1-22(2)29(25(5)37)31(43)40-30(28-13-12-14-33(17-28)21-34(33,35)36)24(4)18-39-27(7)41(8)32(26(6)38)42-15-10-9-11-16-44-20-23(3)19-42;1-5-2-3-6(8)7-4-5;1-3-2;1-2/h18,23,28,30,32,37-39H,7,9-17,19-21H2,1-6,8H3,(H,40,43);5H,2-4H2,1H3,(H,7,8);1-2H3;1-2H3/b24-18+,37-25?,38-26?;;;. The molecule has 57 heavy (non-hydrogen) atoms. The van der Waals surface area contributed by atoms with Crippen molar-refractivity contribution in [3.05, 3.63) is 35.3 Å². The second-order valence-corrected chi connectivity index (χ2v) is 16.7. The molecule has 0 aromatic rings. The molecular weight excluding hydrogens is 729 g/mol. The van der Waals surface area contributed by atoms with Crippen molar-refractivity contribution in [3.8, 4) is 0 Å². The first-order valence-corrected chi connectivity index (χ1v) is 21.1. The van der Waals surface area contributed by atoms with Crippen LogP contribution in [0.25, 0.3) is 0 Å². The lowest BCUT2D eigenvalue weighted by atomic mass is 9.74. The zero-order valence-electron chi connectivity index (χ0n) is 37.6. The van der Waals surface area contributed by atoms with Crippen LogP contribution in [0.5, 0.6) is 0 Å². The minimum atomic E-state index is -2.64. The fourth-order valence-corrected chi connectivity index (χ4v) is 8.10. The van der Waals surface area contributed by atoms with Crippen LogP contribution in [0.15, 0.2) is 35.3 Å². The summed E-state index contributed by atoms with van der Waals surface area (Å²) in [6.07, 6.45) is 8.69. The van der Waals surface area contributed by atoms with E-state index in [1.807, 2.05) is 45.8 Å². The number of halogens is 2. The van der Waals surface area contributed by atoms with E-state index < -0.39 is 17.4 Å². The Bertz CT molecular complexity index is 1370. The number of carbonyl (C=O) groups is 2. The fourth-order valence-electron chi connectivity index (χ4n) is 8.10. The molecule has 11 nitrogen and oxygen atoms in total. The van der Waals surface area contributed by atoms with E-state index in [1.54, 1.807) is 35.0 Å². The minimum absolute atomic E-state index is 0.0792. The first-order valence-electron chi connectivity index (χ1n) is 21.1. The van der Waals surface area contributed by atoms with Gasteiger partial charge in [0.05, 0.1) is 24.0 Å². The molecule has 6 unspecified atom stereocenters. The van der Waals surface area contributed by atoms with Gasteiger partial charge in [-0.05, 0) is 103 Å². The molecule has 2 heterocycles. The van der Waals surface area contributed by atoms with Crippen LogP contribution in [0.1, 0.15) is 127 Å². The predicted molar refractivity (Wildman–Crippen MR) is 230 cm³/mol. The van der Waals surface area contributed by atoms with Gasteiger partial charge in [0.25, 0.3) is 11.8 Å². The van der Waals surface area contributed by atoms with E-state index >= 15 is 0 Å². The number of carbonyl (C=O) groups excluding carboxylic acids is 2. The van der Waals surface area contributed by atoms with Gasteiger partial charge in [0.15, 0.2) is 0 Å². The summed E-state index contributed by atoms with van der Waals surface area (Å²) in [5.74, 6) is -1.32. The molecule has 2 saturated heterocycles. The number of ether oxygens (including phenoxy) is 2. The molecule has 1 spiro atoms. The Hall–Kier alpha value is -3.16. The van der Waals surface area contributed by atoms with Crippen LogP contribution >= 0.6 is 0 Å². The number of rotatable bonds is 11. The highest BCUT2D eigenvalue weighted by molar-refractivity contribution is 6.20. The SMILES string of the molecule is C=C(N/C=C(\C)C(NC(=O)C(C(C)=N)=C(C)C)C1CCCC2(C1)CC2(F)F)N(C)C(C(C)=N)N1CCCCCOCC(C)C1.CC.CC1CCC(=O)NC1.COC. The maximum absolute atomic E-state index is 14.5. The lowest BCUT2D eigenvalue weighted by Crippen LogP contribution is -2.53. The Labute approximate surface area is 344 Å². The second kappa shape index (κ2) is 25.4. The normalized spacial score (nSPS) is 25.8. The van der Waals surface area contributed by atoms with Gasteiger partial charge in [-0.3, -0.25) is 14.5 Å². The third-order valence-electron chi connectivity index (χ3n) is 11.1. The topological polar surface area (TPSA) is 143 Å². The molecule has 0 bridgehead atoms. The van der Waals surface area contributed by atoms with Gasteiger partial charge in [-0.2, -0.15) is 0 Å². The molecule has 0 radical (unpaired) electrons. The van der Waals surface area contributed by atoms with Gasteiger partial charge >= 0.3 is 0 Å². The van der Waals surface area contributed by atoms with E-state index in [4.69, 9.17) is 15.6 Å². The Morgan fingerprint density at radius 2 is 1.70 bits per heavy atom.